The zero-order valence-electron chi connectivity index (χ0n) is 17.4. The van der Waals surface area contributed by atoms with Crippen LogP contribution in [0.15, 0.2) is 54.8 Å². The Bertz CT molecular complexity index is 1020. The fraction of sp³-hybridized carbons (Fsp3) is 0.320. The van der Waals surface area contributed by atoms with E-state index in [2.05, 4.69) is 11.9 Å². The lowest BCUT2D eigenvalue weighted by molar-refractivity contribution is -0.137. The van der Waals surface area contributed by atoms with E-state index in [0.29, 0.717) is 40.1 Å². The van der Waals surface area contributed by atoms with Crippen LogP contribution in [0.2, 0.25) is 5.02 Å². The van der Waals surface area contributed by atoms with Crippen molar-refractivity contribution >= 4 is 23.0 Å². The van der Waals surface area contributed by atoms with Gasteiger partial charge in [-0.05, 0) is 72.2 Å². The SMILES string of the molecule is C=C(CC)NCCCCc1cc(C(F)(F)F)ccc1C1=CC(=O)c2cccc(Cl)c2C1. The van der Waals surface area contributed by atoms with E-state index in [1.165, 1.54) is 18.2 Å². The number of halogens is 4. The van der Waals surface area contributed by atoms with Crippen molar-refractivity contribution in [3.8, 4) is 0 Å². The molecule has 0 aliphatic heterocycles. The molecule has 1 N–H and O–H groups in total. The minimum Gasteiger partial charge on any atom is -0.389 e. The lowest BCUT2D eigenvalue weighted by Gasteiger charge is -2.21. The highest BCUT2D eigenvalue weighted by atomic mass is 35.5. The van der Waals surface area contributed by atoms with E-state index in [9.17, 15) is 18.0 Å². The van der Waals surface area contributed by atoms with E-state index in [4.69, 9.17) is 11.6 Å². The first-order valence-corrected chi connectivity index (χ1v) is 10.7. The number of hydrogen-bond acceptors (Lipinski definition) is 2. The van der Waals surface area contributed by atoms with Crippen LogP contribution in [0.3, 0.4) is 0 Å². The van der Waals surface area contributed by atoms with Crippen LogP contribution >= 0.6 is 11.6 Å². The van der Waals surface area contributed by atoms with E-state index < -0.39 is 11.7 Å². The molecule has 0 fully saturated rings. The predicted molar refractivity (Wildman–Crippen MR) is 119 cm³/mol. The number of rotatable bonds is 8. The zero-order valence-corrected chi connectivity index (χ0v) is 18.2. The van der Waals surface area contributed by atoms with Gasteiger partial charge in [-0.1, -0.05) is 43.3 Å². The van der Waals surface area contributed by atoms with Gasteiger partial charge in [0.25, 0.3) is 0 Å². The van der Waals surface area contributed by atoms with Crippen LogP contribution in [-0.2, 0) is 19.0 Å². The molecule has 164 valence electrons. The average molecular weight is 448 g/mol. The third kappa shape index (κ3) is 5.59. The third-order valence-corrected chi connectivity index (χ3v) is 5.86. The summed E-state index contributed by atoms with van der Waals surface area (Å²) >= 11 is 6.30. The Morgan fingerprint density at radius 1 is 1.16 bits per heavy atom. The molecule has 0 unspecified atom stereocenters. The Hall–Kier alpha value is -2.53. The first-order valence-electron chi connectivity index (χ1n) is 10.3. The quantitative estimate of drug-likeness (QED) is 0.440. The van der Waals surface area contributed by atoms with Gasteiger partial charge < -0.3 is 5.32 Å². The number of allylic oxidation sites excluding steroid dienone is 3. The van der Waals surface area contributed by atoms with Gasteiger partial charge in [-0.25, -0.2) is 0 Å². The topological polar surface area (TPSA) is 29.1 Å². The zero-order chi connectivity index (χ0) is 22.6. The van der Waals surface area contributed by atoms with Crippen molar-refractivity contribution in [2.75, 3.05) is 6.54 Å². The number of nitrogens with one attached hydrogen (secondary N) is 1. The molecule has 0 spiro atoms. The molecule has 0 bridgehead atoms. The molecule has 2 aromatic rings. The van der Waals surface area contributed by atoms with Crippen molar-refractivity contribution in [3.05, 3.63) is 87.6 Å². The molecule has 0 saturated heterocycles. The summed E-state index contributed by atoms with van der Waals surface area (Å²) in [6, 6.07) is 8.95. The van der Waals surface area contributed by atoms with Crippen molar-refractivity contribution in [2.24, 2.45) is 0 Å². The van der Waals surface area contributed by atoms with Gasteiger partial charge in [-0.2, -0.15) is 13.2 Å². The van der Waals surface area contributed by atoms with E-state index in [0.717, 1.165) is 43.1 Å². The molecule has 1 aliphatic rings. The molecule has 31 heavy (non-hydrogen) atoms. The van der Waals surface area contributed by atoms with Crippen LogP contribution in [0.5, 0.6) is 0 Å². The van der Waals surface area contributed by atoms with E-state index in [1.807, 2.05) is 6.92 Å². The number of hydrogen-bond donors (Lipinski definition) is 1. The van der Waals surface area contributed by atoms with Crippen LogP contribution in [-0.4, -0.2) is 12.3 Å². The number of alkyl halides is 3. The molecule has 0 amide bonds. The Morgan fingerprint density at radius 3 is 2.65 bits per heavy atom. The Labute approximate surface area is 185 Å². The van der Waals surface area contributed by atoms with E-state index in [-0.39, 0.29) is 5.78 Å². The molecule has 0 aromatic heterocycles. The fourth-order valence-electron chi connectivity index (χ4n) is 3.74. The summed E-state index contributed by atoms with van der Waals surface area (Å²) in [6.07, 6.45) is 0.373. The summed E-state index contributed by atoms with van der Waals surface area (Å²) in [6.45, 7) is 6.62. The Balaban J connectivity index is 1.86. The molecule has 2 aromatic carbocycles. The van der Waals surface area contributed by atoms with Gasteiger partial charge in [0.15, 0.2) is 5.78 Å². The standard InChI is InChI=1S/C25H25ClF3NO/c1-3-16(2)30-12-5-4-7-17-13-19(25(27,28)29)10-11-20(17)18-14-22-21(24(31)15-18)8-6-9-23(22)26/h6,8-11,13,15,30H,2-5,7,12,14H2,1H3. The maximum Gasteiger partial charge on any atom is 0.416 e. The number of aryl methyl sites for hydroxylation is 1. The summed E-state index contributed by atoms with van der Waals surface area (Å²) in [4.78, 5) is 12.6. The van der Waals surface area contributed by atoms with Crippen molar-refractivity contribution in [1.82, 2.24) is 5.32 Å². The van der Waals surface area contributed by atoms with Gasteiger partial charge in [0.1, 0.15) is 0 Å². The van der Waals surface area contributed by atoms with Gasteiger partial charge in [0.05, 0.1) is 5.56 Å². The molecule has 6 heteroatoms. The number of unbranched alkanes of at least 4 members (excludes halogenated alkanes) is 1. The molecule has 1 aliphatic carbocycles. The molecule has 0 saturated carbocycles. The van der Waals surface area contributed by atoms with Crippen LogP contribution in [0.1, 0.15) is 58.8 Å². The molecule has 3 rings (SSSR count). The molecule has 0 atom stereocenters. The van der Waals surface area contributed by atoms with E-state index in [1.54, 1.807) is 18.2 Å². The number of fused-ring (bicyclic) bond motifs is 1. The number of carbonyl (C=O) groups is 1. The van der Waals surface area contributed by atoms with E-state index >= 15 is 0 Å². The van der Waals surface area contributed by atoms with Crippen LogP contribution in [0, 0.1) is 0 Å². The second-order valence-corrected chi connectivity index (χ2v) is 8.09. The van der Waals surface area contributed by atoms with Gasteiger partial charge >= 0.3 is 6.18 Å². The lowest BCUT2D eigenvalue weighted by atomic mass is 9.84. The fourth-order valence-corrected chi connectivity index (χ4v) is 3.98. The van der Waals surface area contributed by atoms with Gasteiger partial charge in [-0.3, -0.25) is 4.79 Å². The van der Waals surface area contributed by atoms with Gasteiger partial charge in [0.2, 0.25) is 0 Å². The van der Waals surface area contributed by atoms with Crippen LogP contribution < -0.4 is 5.32 Å². The summed E-state index contributed by atoms with van der Waals surface area (Å²) < 4.78 is 40.0. The second-order valence-electron chi connectivity index (χ2n) is 7.69. The highest BCUT2D eigenvalue weighted by Crippen LogP contribution is 2.36. The van der Waals surface area contributed by atoms with Crippen molar-refractivity contribution < 1.29 is 18.0 Å². The molecule has 0 heterocycles. The van der Waals surface area contributed by atoms with Crippen LogP contribution in [0.4, 0.5) is 13.2 Å². The smallest absolute Gasteiger partial charge is 0.389 e. The number of carbonyl (C=O) groups excluding carboxylic acids is 1. The average Bonchev–Trinajstić information content (AvgIpc) is 2.73. The summed E-state index contributed by atoms with van der Waals surface area (Å²) in [5.74, 6) is -0.174. The number of benzene rings is 2. The highest BCUT2D eigenvalue weighted by Gasteiger charge is 2.31. The minimum absolute atomic E-state index is 0.174. The van der Waals surface area contributed by atoms with Gasteiger partial charge in [-0.15, -0.1) is 0 Å². The monoisotopic (exact) mass is 447 g/mol. The Kier molecular flexibility index (Phi) is 7.26. The van der Waals surface area contributed by atoms with Crippen LogP contribution in [0.25, 0.3) is 5.57 Å². The summed E-state index contributed by atoms with van der Waals surface area (Å²) in [5.41, 5.74) is 3.51. The maximum atomic E-state index is 13.3. The first kappa shape index (κ1) is 23.1. The molecule has 2 nitrogen and oxygen atoms in total. The number of ketones is 1. The molecular weight excluding hydrogens is 423 g/mol. The van der Waals surface area contributed by atoms with Crippen molar-refractivity contribution in [1.29, 1.82) is 0 Å². The highest BCUT2D eigenvalue weighted by molar-refractivity contribution is 6.32. The first-order chi connectivity index (χ1) is 14.7. The Morgan fingerprint density at radius 2 is 1.94 bits per heavy atom. The third-order valence-electron chi connectivity index (χ3n) is 5.51. The molecule has 0 radical (unpaired) electrons. The molecular formula is C25H25ClF3NO. The maximum absolute atomic E-state index is 13.3. The second kappa shape index (κ2) is 9.73. The normalized spacial score (nSPS) is 13.6. The predicted octanol–water partition coefficient (Wildman–Crippen LogP) is 7.02. The van der Waals surface area contributed by atoms with Crippen molar-refractivity contribution in [3.63, 3.8) is 0 Å². The largest absolute Gasteiger partial charge is 0.416 e. The lowest BCUT2D eigenvalue weighted by Crippen LogP contribution is -2.14. The van der Waals surface area contributed by atoms with Gasteiger partial charge in [0, 0.05) is 29.2 Å². The van der Waals surface area contributed by atoms with Crippen molar-refractivity contribution in [2.45, 2.75) is 45.2 Å². The summed E-state index contributed by atoms with van der Waals surface area (Å²) in [7, 11) is 0. The summed E-state index contributed by atoms with van der Waals surface area (Å²) in [5, 5.41) is 3.70. The minimum atomic E-state index is -4.42.